The number of esters is 3. The fraction of sp³-hybridized carbons (Fsp3) is 0.658. The summed E-state index contributed by atoms with van der Waals surface area (Å²) in [5.74, 6) is -1.28. The van der Waals surface area contributed by atoms with E-state index in [2.05, 4.69) is 50.9 Å². The van der Waals surface area contributed by atoms with Crippen LogP contribution in [0.2, 0.25) is 0 Å². The number of carbonyl (C=O) groups excluding carboxylic acids is 4. The summed E-state index contributed by atoms with van der Waals surface area (Å²) in [5, 5.41) is 8.30. The first-order valence-corrected chi connectivity index (χ1v) is 21.4. The molecule has 324 valence electrons. The summed E-state index contributed by atoms with van der Waals surface area (Å²) in [5.41, 5.74) is -2.30. The number of rotatable bonds is 26. The number of hydrogen-bond donors (Lipinski definition) is 3. The van der Waals surface area contributed by atoms with Crippen LogP contribution in [0.25, 0.3) is 11.2 Å². The summed E-state index contributed by atoms with van der Waals surface area (Å²) in [7, 11) is -3.90. The molecule has 0 fully saturated rings. The maximum atomic E-state index is 14.7. The fourth-order valence-corrected chi connectivity index (χ4v) is 8.17. The Bertz CT molecular complexity index is 1770. The Morgan fingerprint density at radius 2 is 1.47 bits per heavy atom. The third kappa shape index (κ3) is 15.3. The Hall–Kier alpha value is -4.58. The maximum Gasteiger partial charge on any atom is 0.413 e. The highest BCUT2D eigenvalue weighted by Gasteiger charge is 2.43. The van der Waals surface area contributed by atoms with Crippen molar-refractivity contribution in [2.24, 2.45) is 0 Å². The molecule has 2 aromatic rings. The van der Waals surface area contributed by atoms with E-state index in [-0.39, 0.29) is 49.4 Å². The number of imidazole rings is 1. The number of hydrogen-bond acceptors (Lipinski definition) is 15. The van der Waals surface area contributed by atoms with E-state index >= 15 is 0 Å². The Kier molecular flexibility index (Phi) is 18.6. The molecular formula is C38H60N7O12P. The standard InChI is InChI=1S/C38H60N7O12P/c1-10-12-14-16-18-51-34(47)37(6,7)43-58(50,44-38(8,9)35(48)52-19-17-15-13-11-2)25-55-26(3)20-45-24-41-31-32(39-23-40-33(31)45)42-36(49)54-22-30(46)53-21-29-27(4)56-28(5)57-29/h23-24,26H,5,10-22,25H2,1-4,6-9H3,(H2,43,44,50)(H,39,40,42,49)/t26-/m1/s1. The molecule has 0 bridgehead atoms. The zero-order valence-corrected chi connectivity index (χ0v) is 35.9. The van der Waals surface area contributed by atoms with E-state index < -0.39 is 61.6 Å². The van der Waals surface area contributed by atoms with Crippen LogP contribution in [-0.2, 0) is 58.7 Å². The van der Waals surface area contributed by atoms with Crippen molar-refractivity contribution in [3.63, 3.8) is 0 Å². The van der Waals surface area contributed by atoms with Gasteiger partial charge in [-0.05, 0) is 61.0 Å². The fourth-order valence-electron chi connectivity index (χ4n) is 5.54. The third-order valence-electron chi connectivity index (χ3n) is 8.60. The van der Waals surface area contributed by atoms with Crippen LogP contribution in [0.4, 0.5) is 10.6 Å². The Labute approximate surface area is 339 Å². The van der Waals surface area contributed by atoms with E-state index in [0.717, 1.165) is 38.5 Å². The van der Waals surface area contributed by atoms with Crippen molar-refractivity contribution in [1.29, 1.82) is 0 Å². The highest BCUT2D eigenvalue weighted by atomic mass is 31.2. The molecule has 1 atom stereocenters. The molecule has 0 spiro atoms. The minimum absolute atomic E-state index is 0.0170. The summed E-state index contributed by atoms with van der Waals surface area (Å²) in [6, 6.07) is 0. The van der Waals surface area contributed by atoms with Crippen molar-refractivity contribution < 1.29 is 56.9 Å². The Morgan fingerprint density at radius 1 is 0.862 bits per heavy atom. The van der Waals surface area contributed by atoms with Gasteiger partial charge in [-0.3, -0.25) is 19.5 Å². The van der Waals surface area contributed by atoms with Crippen molar-refractivity contribution in [2.45, 2.75) is 130 Å². The quantitative estimate of drug-likeness (QED) is 0.0414. The molecule has 20 heteroatoms. The minimum Gasteiger partial charge on any atom is -0.464 e. The van der Waals surface area contributed by atoms with Crippen LogP contribution in [0.5, 0.6) is 0 Å². The van der Waals surface area contributed by atoms with Crippen LogP contribution in [0.15, 0.2) is 36.7 Å². The molecule has 0 radical (unpaired) electrons. The second kappa shape index (κ2) is 22.5. The van der Waals surface area contributed by atoms with Crippen LogP contribution in [-0.4, -0.2) is 93.5 Å². The number of unbranched alkanes of at least 4 members (excludes halogenated alkanes) is 6. The van der Waals surface area contributed by atoms with Gasteiger partial charge < -0.3 is 37.7 Å². The molecule has 0 saturated heterocycles. The van der Waals surface area contributed by atoms with Gasteiger partial charge >= 0.3 is 24.0 Å². The lowest BCUT2D eigenvalue weighted by Crippen LogP contribution is -2.54. The number of allylic oxidation sites excluding steroid dienone is 1. The van der Waals surface area contributed by atoms with Gasteiger partial charge in [0.15, 0.2) is 36.0 Å². The smallest absolute Gasteiger partial charge is 0.413 e. The number of amides is 1. The highest BCUT2D eigenvalue weighted by Crippen LogP contribution is 2.42. The van der Waals surface area contributed by atoms with Crippen LogP contribution >= 0.6 is 7.44 Å². The first-order chi connectivity index (χ1) is 27.4. The van der Waals surface area contributed by atoms with Crippen LogP contribution in [0, 0.1) is 0 Å². The average Bonchev–Trinajstić information content (AvgIpc) is 3.72. The number of fused-ring (bicyclic) bond motifs is 1. The first-order valence-electron chi connectivity index (χ1n) is 19.5. The van der Waals surface area contributed by atoms with Gasteiger partial charge in [-0.15, -0.1) is 0 Å². The highest BCUT2D eigenvalue weighted by molar-refractivity contribution is 7.59. The zero-order valence-electron chi connectivity index (χ0n) is 35.0. The lowest BCUT2D eigenvalue weighted by Gasteiger charge is -2.35. The number of nitrogens with zero attached hydrogens (tertiary/aromatic N) is 4. The lowest BCUT2D eigenvalue weighted by atomic mass is 10.1. The molecule has 1 aliphatic rings. The largest absolute Gasteiger partial charge is 0.464 e. The van der Waals surface area contributed by atoms with E-state index in [0.29, 0.717) is 24.2 Å². The van der Waals surface area contributed by atoms with Crippen molar-refractivity contribution in [3.05, 3.63) is 36.7 Å². The predicted molar refractivity (Wildman–Crippen MR) is 213 cm³/mol. The molecule has 19 nitrogen and oxygen atoms in total. The van der Waals surface area contributed by atoms with Gasteiger partial charge in [0.1, 0.15) is 29.5 Å². The van der Waals surface area contributed by atoms with Gasteiger partial charge in [-0.25, -0.2) is 34.7 Å². The van der Waals surface area contributed by atoms with Gasteiger partial charge in [-0.2, -0.15) is 0 Å². The van der Waals surface area contributed by atoms with Crippen molar-refractivity contribution in [2.75, 3.05) is 38.1 Å². The monoisotopic (exact) mass is 837 g/mol. The SMILES string of the molecule is C=C1OC(C)=C(COC(=O)COC(=O)Nc2ncnc3c2ncn3C[C@@H](C)OCP(=O)(NC(C)(C)C(=O)OCCCCCC)NC(C)(C)C(=O)OCCCCCC)O1. The number of aromatic nitrogens is 4. The molecule has 58 heavy (non-hydrogen) atoms. The summed E-state index contributed by atoms with van der Waals surface area (Å²) in [6.07, 6.45) is 8.02. The second-order valence-corrected chi connectivity index (χ2v) is 17.1. The topological polar surface area (TPSA) is 230 Å². The lowest BCUT2D eigenvalue weighted by molar-refractivity contribution is -0.149. The van der Waals surface area contributed by atoms with Gasteiger partial charge in [0.25, 0.3) is 5.95 Å². The van der Waals surface area contributed by atoms with Crippen LogP contribution in [0.1, 0.15) is 107 Å². The van der Waals surface area contributed by atoms with Gasteiger partial charge in [0.2, 0.25) is 7.44 Å². The zero-order chi connectivity index (χ0) is 42.9. The second-order valence-electron chi connectivity index (χ2n) is 14.9. The Balaban J connectivity index is 1.65. The molecule has 3 rings (SSSR count). The summed E-state index contributed by atoms with van der Waals surface area (Å²) >= 11 is 0. The first kappa shape index (κ1) is 47.8. The number of anilines is 1. The van der Waals surface area contributed by atoms with E-state index in [1.807, 2.05) is 0 Å². The van der Waals surface area contributed by atoms with E-state index in [1.165, 1.54) is 12.7 Å². The summed E-state index contributed by atoms with van der Waals surface area (Å²) < 4.78 is 53.8. The minimum atomic E-state index is -3.90. The number of nitrogens with one attached hydrogen (secondary N) is 3. The molecule has 3 N–H and O–H groups in total. The molecule has 1 aliphatic heterocycles. The molecule has 0 saturated carbocycles. The molecule has 0 aliphatic carbocycles. The maximum absolute atomic E-state index is 14.7. The number of ether oxygens (including phenoxy) is 7. The van der Waals surface area contributed by atoms with Gasteiger partial charge in [0.05, 0.1) is 32.2 Å². The predicted octanol–water partition coefficient (Wildman–Crippen LogP) is 6.21. The van der Waals surface area contributed by atoms with Crippen molar-refractivity contribution >= 4 is 48.4 Å². The van der Waals surface area contributed by atoms with E-state index in [1.54, 1.807) is 46.1 Å². The van der Waals surface area contributed by atoms with Crippen LogP contribution in [0.3, 0.4) is 0 Å². The van der Waals surface area contributed by atoms with Crippen molar-refractivity contribution in [1.82, 2.24) is 29.7 Å². The Morgan fingerprint density at radius 3 is 2.02 bits per heavy atom. The molecule has 1 amide bonds. The van der Waals surface area contributed by atoms with E-state index in [4.69, 9.17) is 33.2 Å². The summed E-state index contributed by atoms with van der Waals surface area (Å²) in [6.45, 7) is 17.0. The molecule has 2 aromatic heterocycles. The normalized spacial score (nSPS) is 13.8. The van der Waals surface area contributed by atoms with Gasteiger partial charge in [-0.1, -0.05) is 52.4 Å². The van der Waals surface area contributed by atoms with Gasteiger partial charge in [0, 0.05) is 0 Å². The molecular weight excluding hydrogens is 777 g/mol. The average molecular weight is 838 g/mol. The number of carbonyl (C=O) groups is 4. The van der Waals surface area contributed by atoms with Crippen molar-refractivity contribution in [3.8, 4) is 0 Å². The van der Waals surface area contributed by atoms with Crippen LogP contribution < -0.4 is 15.5 Å². The molecule has 3 heterocycles. The molecule has 0 aromatic carbocycles. The third-order valence-corrected chi connectivity index (χ3v) is 11.0. The molecule has 0 unspecified atom stereocenters. The summed E-state index contributed by atoms with van der Waals surface area (Å²) in [4.78, 5) is 63.7. The van der Waals surface area contributed by atoms with E-state index in [9.17, 15) is 23.7 Å².